The number of nitrogens with one attached hydrogen (secondary N) is 2. The topological polar surface area (TPSA) is 67.1 Å². The van der Waals surface area contributed by atoms with Gasteiger partial charge in [-0.1, -0.05) is 37.3 Å². The van der Waals surface area contributed by atoms with Crippen LogP contribution in [0.25, 0.3) is 0 Å². The first kappa shape index (κ1) is 14.7. The van der Waals surface area contributed by atoms with Crippen molar-refractivity contribution in [2.24, 2.45) is 5.73 Å². The molecule has 4 N–H and O–H groups in total. The van der Waals surface area contributed by atoms with Crippen LogP contribution in [-0.2, 0) is 11.2 Å². The zero-order valence-electron chi connectivity index (χ0n) is 11.1. The molecule has 0 saturated carbocycles. The van der Waals surface area contributed by atoms with Crippen LogP contribution in [0.2, 0.25) is 0 Å². The van der Waals surface area contributed by atoms with Gasteiger partial charge in [0.05, 0.1) is 6.04 Å². The predicted octanol–water partition coefficient (Wildman–Crippen LogP) is 0.671. The number of hydrogen-bond donors (Lipinski definition) is 3. The normalized spacial score (nSPS) is 13.9. The van der Waals surface area contributed by atoms with Crippen molar-refractivity contribution < 1.29 is 4.79 Å². The second kappa shape index (κ2) is 7.84. The van der Waals surface area contributed by atoms with E-state index in [0.29, 0.717) is 13.0 Å². The monoisotopic (exact) mass is 249 g/mol. The summed E-state index contributed by atoms with van der Waals surface area (Å²) in [7, 11) is 0. The highest BCUT2D eigenvalue weighted by atomic mass is 16.2. The summed E-state index contributed by atoms with van der Waals surface area (Å²) >= 11 is 0. The Morgan fingerprint density at radius 2 is 2.00 bits per heavy atom. The van der Waals surface area contributed by atoms with Crippen molar-refractivity contribution in [3.8, 4) is 0 Å². The lowest BCUT2D eigenvalue weighted by atomic mass is 10.1. The van der Waals surface area contributed by atoms with Gasteiger partial charge in [-0.25, -0.2) is 0 Å². The molecule has 0 aliphatic carbocycles. The summed E-state index contributed by atoms with van der Waals surface area (Å²) in [5, 5.41) is 6.09. The van der Waals surface area contributed by atoms with Gasteiger partial charge in [0.25, 0.3) is 0 Å². The van der Waals surface area contributed by atoms with E-state index in [0.717, 1.165) is 12.1 Å². The highest BCUT2D eigenvalue weighted by molar-refractivity contribution is 5.81. The number of benzene rings is 1. The third-order valence-corrected chi connectivity index (χ3v) is 2.77. The van der Waals surface area contributed by atoms with Crippen molar-refractivity contribution in [3.05, 3.63) is 35.9 Å². The van der Waals surface area contributed by atoms with Gasteiger partial charge in [-0.05, 0) is 25.5 Å². The van der Waals surface area contributed by atoms with E-state index < -0.39 is 6.04 Å². The van der Waals surface area contributed by atoms with E-state index in [1.807, 2.05) is 44.2 Å². The van der Waals surface area contributed by atoms with Gasteiger partial charge in [0.2, 0.25) is 5.91 Å². The van der Waals surface area contributed by atoms with E-state index in [4.69, 9.17) is 5.73 Å². The summed E-state index contributed by atoms with van der Waals surface area (Å²) in [5.74, 6) is -0.0939. The second-order valence-corrected chi connectivity index (χ2v) is 4.50. The maximum Gasteiger partial charge on any atom is 0.237 e. The molecule has 0 spiro atoms. The Hall–Kier alpha value is -1.39. The maximum absolute atomic E-state index is 11.8. The van der Waals surface area contributed by atoms with Crippen LogP contribution in [0.1, 0.15) is 19.4 Å². The fourth-order valence-electron chi connectivity index (χ4n) is 1.77. The molecule has 0 aliphatic heterocycles. The first-order valence-electron chi connectivity index (χ1n) is 6.44. The van der Waals surface area contributed by atoms with Crippen molar-refractivity contribution in [1.29, 1.82) is 0 Å². The van der Waals surface area contributed by atoms with Crippen LogP contribution in [0, 0.1) is 0 Å². The van der Waals surface area contributed by atoms with Gasteiger partial charge >= 0.3 is 0 Å². The molecule has 1 unspecified atom stereocenters. The number of likely N-dealkylation sites (N-methyl/N-ethyl adjacent to an activating group) is 1. The largest absolute Gasteiger partial charge is 0.353 e. The van der Waals surface area contributed by atoms with E-state index in [-0.39, 0.29) is 11.9 Å². The number of carbonyl (C=O) groups is 1. The van der Waals surface area contributed by atoms with Crippen molar-refractivity contribution >= 4 is 5.91 Å². The lowest BCUT2D eigenvalue weighted by Gasteiger charge is -2.16. The number of carbonyl (C=O) groups excluding carboxylic acids is 1. The molecule has 0 radical (unpaired) electrons. The second-order valence-electron chi connectivity index (χ2n) is 4.50. The number of nitrogens with two attached hydrogens (primary N) is 1. The van der Waals surface area contributed by atoms with Crippen LogP contribution >= 0.6 is 0 Å². The molecule has 4 heteroatoms. The molecule has 1 amide bonds. The number of amides is 1. The predicted molar refractivity (Wildman–Crippen MR) is 74.3 cm³/mol. The molecule has 100 valence electrons. The summed E-state index contributed by atoms with van der Waals surface area (Å²) < 4.78 is 0. The Morgan fingerprint density at radius 3 is 2.61 bits per heavy atom. The lowest BCUT2D eigenvalue weighted by Crippen LogP contribution is -2.46. The summed E-state index contributed by atoms with van der Waals surface area (Å²) in [5.41, 5.74) is 6.96. The van der Waals surface area contributed by atoms with Crippen molar-refractivity contribution in [1.82, 2.24) is 10.6 Å². The molecule has 0 fully saturated rings. The van der Waals surface area contributed by atoms with Crippen LogP contribution in [0.4, 0.5) is 0 Å². The Labute approximate surface area is 109 Å². The first-order chi connectivity index (χ1) is 8.63. The van der Waals surface area contributed by atoms with Gasteiger partial charge in [-0.3, -0.25) is 4.79 Å². The van der Waals surface area contributed by atoms with Crippen LogP contribution < -0.4 is 16.4 Å². The average molecular weight is 249 g/mol. The van der Waals surface area contributed by atoms with E-state index in [1.165, 1.54) is 0 Å². The Balaban J connectivity index is 2.33. The highest BCUT2D eigenvalue weighted by Gasteiger charge is 2.14. The average Bonchev–Trinajstić information content (AvgIpc) is 2.37. The lowest BCUT2D eigenvalue weighted by molar-refractivity contribution is -0.122. The van der Waals surface area contributed by atoms with E-state index in [1.54, 1.807) is 0 Å². The fraction of sp³-hybridized carbons (Fsp3) is 0.500. The Bertz CT molecular complexity index is 353. The standard InChI is InChI=1S/C14H23N3O/c1-3-16-11(2)10-17-14(18)13(15)9-12-7-5-4-6-8-12/h4-8,11,13,16H,3,9-10,15H2,1-2H3,(H,17,18)/t11-,13?/m1/s1. The molecule has 1 aromatic carbocycles. The highest BCUT2D eigenvalue weighted by Crippen LogP contribution is 2.01. The smallest absolute Gasteiger partial charge is 0.237 e. The van der Waals surface area contributed by atoms with E-state index in [9.17, 15) is 4.79 Å². The number of hydrogen-bond acceptors (Lipinski definition) is 3. The molecule has 2 atom stereocenters. The Morgan fingerprint density at radius 1 is 1.33 bits per heavy atom. The third kappa shape index (κ3) is 5.29. The van der Waals surface area contributed by atoms with Crippen molar-refractivity contribution in [2.75, 3.05) is 13.1 Å². The minimum absolute atomic E-state index is 0.0939. The van der Waals surface area contributed by atoms with Gasteiger partial charge in [0.1, 0.15) is 0 Å². The number of rotatable bonds is 7. The van der Waals surface area contributed by atoms with Gasteiger partial charge < -0.3 is 16.4 Å². The molecule has 1 aromatic rings. The molecule has 4 nitrogen and oxygen atoms in total. The summed E-state index contributed by atoms with van der Waals surface area (Å²) in [6.07, 6.45) is 0.572. The van der Waals surface area contributed by atoms with Gasteiger partial charge in [0.15, 0.2) is 0 Å². The van der Waals surface area contributed by atoms with Crippen LogP contribution in [-0.4, -0.2) is 31.1 Å². The molecular formula is C14H23N3O. The maximum atomic E-state index is 11.8. The zero-order chi connectivity index (χ0) is 13.4. The molecule has 0 bridgehead atoms. The van der Waals surface area contributed by atoms with Crippen LogP contribution in [0.5, 0.6) is 0 Å². The SMILES string of the molecule is CCN[C@H](C)CNC(=O)C(N)Cc1ccccc1. The van der Waals surface area contributed by atoms with Crippen molar-refractivity contribution in [3.63, 3.8) is 0 Å². The van der Waals surface area contributed by atoms with Crippen LogP contribution in [0.15, 0.2) is 30.3 Å². The van der Waals surface area contributed by atoms with Gasteiger partial charge in [-0.15, -0.1) is 0 Å². The molecule has 0 heterocycles. The summed E-state index contributed by atoms with van der Waals surface area (Å²) in [6, 6.07) is 9.60. The van der Waals surface area contributed by atoms with Crippen LogP contribution in [0.3, 0.4) is 0 Å². The summed E-state index contributed by atoms with van der Waals surface area (Å²) in [6.45, 7) is 5.58. The minimum atomic E-state index is -0.485. The molecule has 0 aliphatic rings. The molecule has 1 rings (SSSR count). The van der Waals surface area contributed by atoms with E-state index >= 15 is 0 Å². The quantitative estimate of drug-likeness (QED) is 0.665. The van der Waals surface area contributed by atoms with Crippen molar-refractivity contribution in [2.45, 2.75) is 32.4 Å². The molecule has 18 heavy (non-hydrogen) atoms. The van der Waals surface area contributed by atoms with Gasteiger partial charge in [0, 0.05) is 12.6 Å². The Kier molecular flexibility index (Phi) is 6.39. The third-order valence-electron chi connectivity index (χ3n) is 2.77. The molecular weight excluding hydrogens is 226 g/mol. The van der Waals surface area contributed by atoms with E-state index in [2.05, 4.69) is 10.6 Å². The zero-order valence-corrected chi connectivity index (χ0v) is 11.1. The van der Waals surface area contributed by atoms with Gasteiger partial charge in [-0.2, -0.15) is 0 Å². The molecule has 0 saturated heterocycles. The summed E-state index contributed by atoms with van der Waals surface area (Å²) in [4.78, 5) is 11.8. The first-order valence-corrected chi connectivity index (χ1v) is 6.44. The minimum Gasteiger partial charge on any atom is -0.353 e. The molecule has 0 aromatic heterocycles. The fourth-order valence-corrected chi connectivity index (χ4v) is 1.77.